The van der Waals surface area contributed by atoms with Crippen molar-refractivity contribution >= 4 is 29.6 Å². The first-order valence-electron chi connectivity index (χ1n) is 5.19. The summed E-state index contributed by atoms with van der Waals surface area (Å²) in [6, 6.07) is -0.729. The molecule has 0 saturated carbocycles. The highest BCUT2D eigenvalue weighted by Crippen LogP contribution is 2.33. The minimum atomic E-state index is -1.13. The monoisotopic (exact) mass is 244 g/mol. The summed E-state index contributed by atoms with van der Waals surface area (Å²) in [4.78, 5) is 34.8. The molecule has 0 aromatic carbocycles. The van der Waals surface area contributed by atoms with Gasteiger partial charge in [0.15, 0.2) is 0 Å². The summed E-state index contributed by atoms with van der Waals surface area (Å²) in [7, 11) is 0. The minimum absolute atomic E-state index is 0.153. The number of rotatable bonds is 4. The number of hydrogen-bond donors (Lipinski definition) is 2. The number of carbonyl (C=O) groups excluding carboxylic acids is 3. The van der Waals surface area contributed by atoms with Crippen LogP contribution in [0.5, 0.6) is 0 Å². The summed E-state index contributed by atoms with van der Waals surface area (Å²) in [6.45, 7) is 5.58. The van der Waals surface area contributed by atoms with E-state index in [0.29, 0.717) is 5.75 Å². The van der Waals surface area contributed by atoms with E-state index in [0.717, 1.165) is 5.75 Å². The molecule has 0 bridgehead atoms. The Labute approximate surface area is 98.7 Å². The molecular formula is C10H16N2O3S. The summed E-state index contributed by atoms with van der Waals surface area (Å²) in [6.07, 6.45) is 0. The second kappa shape index (κ2) is 4.86. The molecule has 1 saturated heterocycles. The normalized spacial score (nSPS) is 19.6. The Morgan fingerprint density at radius 1 is 1.19 bits per heavy atom. The average molecular weight is 244 g/mol. The molecule has 1 heterocycles. The van der Waals surface area contributed by atoms with E-state index in [-0.39, 0.29) is 5.92 Å². The highest BCUT2D eigenvalue weighted by Gasteiger charge is 2.52. The molecule has 4 amide bonds. The number of imide groups is 2. The van der Waals surface area contributed by atoms with Crippen molar-refractivity contribution in [3.05, 3.63) is 0 Å². The first-order chi connectivity index (χ1) is 7.45. The third-order valence-corrected chi connectivity index (χ3v) is 3.85. The van der Waals surface area contributed by atoms with Crippen LogP contribution >= 0.6 is 11.8 Å². The van der Waals surface area contributed by atoms with E-state index in [2.05, 4.69) is 10.6 Å². The number of urea groups is 1. The number of hydrogen-bond acceptors (Lipinski definition) is 4. The second-order valence-corrected chi connectivity index (χ2v) is 5.27. The molecular weight excluding hydrogens is 228 g/mol. The molecule has 0 aliphatic carbocycles. The SMILES string of the molecule is CCSCC1(C(C)C)C(=O)NC(=O)NC1=O. The van der Waals surface area contributed by atoms with Crippen LogP contribution in [0.4, 0.5) is 4.79 Å². The van der Waals surface area contributed by atoms with Crippen LogP contribution in [-0.4, -0.2) is 29.4 Å². The van der Waals surface area contributed by atoms with Gasteiger partial charge in [-0.3, -0.25) is 20.2 Å². The van der Waals surface area contributed by atoms with Crippen LogP contribution in [0, 0.1) is 11.3 Å². The molecule has 1 aliphatic rings. The van der Waals surface area contributed by atoms with Crippen LogP contribution in [0.15, 0.2) is 0 Å². The lowest BCUT2D eigenvalue weighted by Crippen LogP contribution is -2.65. The largest absolute Gasteiger partial charge is 0.328 e. The van der Waals surface area contributed by atoms with Gasteiger partial charge in [0.1, 0.15) is 5.41 Å². The lowest BCUT2D eigenvalue weighted by molar-refractivity contribution is -0.145. The van der Waals surface area contributed by atoms with Gasteiger partial charge in [-0.25, -0.2) is 4.79 Å². The number of carbonyl (C=O) groups is 3. The molecule has 1 aliphatic heterocycles. The first-order valence-corrected chi connectivity index (χ1v) is 6.35. The average Bonchev–Trinajstić information content (AvgIpc) is 2.16. The van der Waals surface area contributed by atoms with E-state index >= 15 is 0 Å². The maximum Gasteiger partial charge on any atom is 0.328 e. The van der Waals surface area contributed by atoms with Gasteiger partial charge in [0, 0.05) is 5.75 Å². The Morgan fingerprint density at radius 2 is 1.69 bits per heavy atom. The van der Waals surface area contributed by atoms with E-state index in [1.165, 1.54) is 11.8 Å². The first kappa shape index (κ1) is 13.0. The fourth-order valence-electron chi connectivity index (χ4n) is 1.65. The Kier molecular flexibility index (Phi) is 3.96. The Hall–Kier alpha value is -1.04. The molecule has 1 rings (SSSR count). The number of nitrogens with one attached hydrogen (secondary N) is 2. The third-order valence-electron chi connectivity index (χ3n) is 2.78. The fourth-order valence-corrected chi connectivity index (χ4v) is 2.77. The van der Waals surface area contributed by atoms with Gasteiger partial charge in [0.05, 0.1) is 0 Å². The van der Waals surface area contributed by atoms with Gasteiger partial charge >= 0.3 is 6.03 Å². The summed E-state index contributed by atoms with van der Waals surface area (Å²) >= 11 is 1.52. The summed E-state index contributed by atoms with van der Waals surface area (Å²) < 4.78 is 0. The fraction of sp³-hybridized carbons (Fsp3) is 0.700. The minimum Gasteiger partial charge on any atom is -0.277 e. The van der Waals surface area contributed by atoms with Crippen LogP contribution < -0.4 is 10.6 Å². The van der Waals surface area contributed by atoms with Gasteiger partial charge < -0.3 is 0 Å². The predicted molar refractivity (Wildman–Crippen MR) is 62.0 cm³/mol. The highest BCUT2D eigenvalue weighted by atomic mass is 32.2. The topological polar surface area (TPSA) is 75.3 Å². The zero-order valence-electron chi connectivity index (χ0n) is 9.62. The predicted octanol–water partition coefficient (Wildman–Crippen LogP) is 0.748. The molecule has 90 valence electrons. The quantitative estimate of drug-likeness (QED) is 0.715. The highest BCUT2D eigenvalue weighted by molar-refractivity contribution is 7.99. The summed E-state index contributed by atoms with van der Waals surface area (Å²) in [5.74, 6) is 0.0868. The van der Waals surface area contributed by atoms with Crippen molar-refractivity contribution in [2.24, 2.45) is 11.3 Å². The molecule has 5 nitrogen and oxygen atoms in total. The third kappa shape index (κ3) is 2.07. The lowest BCUT2D eigenvalue weighted by Gasteiger charge is -2.36. The molecule has 6 heteroatoms. The van der Waals surface area contributed by atoms with Gasteiger partial charge in [-0.15, -0.1) is 0 Å². The zero-order chi connectivity index (χ0) is 12.3. The van der Waals surface area contributed by atoms with Crippen LogP contribution in [0.2, 0.25) is 0 Å². The molecule has 0 spiro atoms. The van der Waals surface area contributed by atoms with E-state index in [1.54, 1.807) is 0 Å². The van der Waals surface area contributed by atoms with Crippen molar-refractivity contribution in [1.82, 2.24) is 10.6 Å². The van der Waals surface area contributed by atoms with Crippen molar-refractivity contribution in [2.45, 2.75) is 20.8 Å². The van der Waals surface area contributed by atoms with Crippen LogP contribution in [-0.2, 0) is 9.59 Å². The summed E-state index contributed by atoms with van der Waals surface area (Å²) in [5.41, 5.74) is -1.13. The molecule has 1 fully saturated rings. The smallest absolute Gasteiger partial charge is 0.277 e. The number of amides is 4. The molecule has 2 N–H and O–H groups in total. The van der Waals surface area contributed by atoms with Gasteiger partial charge in [-0.2, -0.15) is 11.8 Å². The maximum absolute atomic E-state index is 11.9. The van der Waals surface area contributed by atoms with Crippen molar-refractivity contribution in [1.29, 1.82) is 0 Å². The van der Waals surface area contributed by atoms with E-state index in [4.69, 9.17) is 0 Å². The molecule has 16 heavy (non-hydrogen) atoms. The van der Waals surface area contributed by atoms with Crippen molar-refractivity contribution in [2.75, 3.05) is 11.5 Å². The second-order valence-electron chi connectivity index (χ2n) is 4.00. The van der Waals surface area contributed by atoms with Crippen LogP contribution in [0.1, 0.15) is 20.8 Å². The maximum atomic E-state index is 11.9. The standard InChI is InChI=1S/C10H16N2O3S/c1-4-16-5-10(6(2)3)7(13)11-9(15)12-8(10)14/h6H,4-5H2,1-3H3,(H2,11,12,13,14,15). The van der Waals surface area contributed by atoms with Crippen molar-refractivity contribution < 1.29 is 14.4 Å². The van der Waals surface area contributed by atoms with E-state index < -0.39 is 23.3 Å². The zero-order valence-corrected chi connectivity index (χ0v) is 10.4. The Morgan fingerprint density at radius 3 is 2.06 bits per heavy atom. The van der Waals surface area contributed by atoms with Gasteiger partial charge in [-0.05, 0) is 11.7 Å². The molecule has 0 radical (unpaired) electrons. The Bertz CT molecular complexity index is 308. The number of barbiturate groups is 1. The molecule has 0 unspecified atom stereocenters. The lowest BCUT2D eigenvalue weighted by atomic mass is 9.76. The van der Waals surface area contributed by atoms with E-state index in [1.807, 2.05) is 20.8 Å². The van der Waals surface area contributed by atoms with Crippen molar-refractivity contribution in [3.63, 3.8) is 0 Å². The van der Waals surface area contributed by atoms with Gasteiger partial charge in [0.2, 0.25) is 11.8 Å². The molecule has 0 aromatic heterocycles. The molecule has 0 atom stereocenters. The Balaban J connectivity index is 3.02. The van der Waals surface area contributed by atoms with Gasteiger partial charge in [0.25, 0.3) is 0 Å². The summed E-state index contributed by atoms with van der Waals surface area (Å²) in [5, 5.41) is 4.34. The molecule has 0 aromatic rings. The number of thioether (sulfide) groups is 1. The van der Waals surface area contributed by atoms with Crippen LogP contribution in [0.3, 0.4) is 0 Å². The van der Waals surface area contributed by atoms with Crippen LogP contribution in [0.25, 0.3) is 0 Å². The van der Waals surface area contributed by atoms with Gasteiger partial charge in [-0.1, -0.05) is 20.8 Å². The van der Waals surface area contributed by atoms with Crippen molar-refractivity contribution in [3.8, 4) is 0 Å². The van der Waals surface area contributed by atoms with E-state index in [9.17, 15) is 14.4 Å².